The number of rotatable bonds is 8. The van der Waals surface area contributed by atoms with Crippen LogP contribution in [0.15, 0.2) is 47.4 Å². The highest BCUT2D eigenvalue weighted by atomic mass is 35.5. The molecule has 0 atom stereocenters. The second-order valence-corrected chi connectivity index (χ2v) is 6.86. The number of benzene rings is 2. The van der Waals surface area contributed by atoms with Crippen LogP contribution >= 0.6 is 23.4 Å². The number of non-ortho nitro benzene ring substituents is 1. The molecule has 0 radical (unpaired) electrons. The van der Waals surface area contributed by atoms with E-state index in [0.717, 1.165) is 11.0 Å². The van der Waals surface area contributed by atoms with Gasteiger partial charge in [0.15, 0.2) is 6.61 Å². The average Bonchev–Trinajstić information content (AvgIpc) is 2.65. The van der Waals surface area contributed by atoms with Gasteiger partial charge in [-0.25, -0.2) is 4.79 Å². The number of carbonyl (C=O) groups is 2. The summed E-state index contributed by atoms with van der Waals surface area (Å²) in [6, 6.07) is 10.7. The molecule has 0 fully saturated rings. The summed E-state index contributed by atoms with van der Waals surface area (Å²) in [4.78, 5) is 34.8. The van der Waals surface area contributed by atoms with Crippen LogP contribution in [0.3, 0.4) is 0 Å². The predicted octanol–water partition coefficient (Wildman–Crippen LogP) is 2.90. The van der Waals surface area contributed by atoms with Crippen molar-refractivity contribution in [2.45, 2.75) is 4.90 Å². The summed E-state index contributed by atoms with van der Waals surface area (Å²) in [5.74, 6) is -0.759. The van der Waals surface area contributed by atoms with E-state index in [-0.39, 0.29) is 16.9 Å². The normalized spacial score (nSPS) is 10.3. The lowest BCUT2D eigenvalue weighted by atomic mass is 10.1. The lowest BCUT2D eigenvalue weighted by Gasteiger charge is -2.08. The minimum Gasteiger partial charge on any atom is -0.452 e. The van der Waals surface area contributed by atoms with Crippen LogP contribution in [0.4, 0.5) is 11.4 Å². The Kier molecular flexibility index (Phi) is 7.44. The zero-order chi connectivity index (χ0) is 19.8. The third kappa shape index (κ3) is 6.46. The Labute approximate surface area is 164 Å². The Morgan fingerprint density at radius 3 is 2.59 bits per heavy atom. The van der Waals surface area contributed by atoms with Crippen LogP contribution in [0.2, 0.25) is 5.02 Å². The van der Waals surface area contributed by atoms with Gasteiger partial charge in [-0.3, -0.25) is 14.9 Å². The SMILES string of the molecule is Nc1ccc([N+](=O)[O-])cc1C(=O)OCC(=O)NCCSc1ccc(Cl)cc1. The first-order valence-corrected chi connectivity index (χ1v) is 9.09. The molecule has 3 N–H and O–H groups in total. The van der Waals surface area contributed by atoms with Gasteiger partial charge >= 0.3 is 5.97 Å². The summed E-state index contributed by atoms with van der Waals surface area (Å²) >= 11 is 7.34. The molecule has 1 amide bonds. The molecule has 0 spiro atoms. The fourth-order valence-electron chi connectivity index (χ4n) is 1.98. The zero-order valence-corrected chi connectivity index (χ0v) is 15.6. The number of carbonyl (C=O) groups excluding carboxylic acids is 2. The Morgan fingerprint density at radius 2 is 1.93 bits per heavy atom. The van der Waals surface area contributed by atoms with E-state index in [1.807, 2.05) is 12.1 Å². The maximum absolute atomic E-state index is 12.0. The van der Waals surface area contributed by atoms with E-state index in [0.29, 0.717) is 17.3 Å². The molecule has 2 rings (SSSR count). The number of amides is 1. The summed E-state index contributed by atoms with van der Waals surface area (Å²) in [5, 5.41) is 14.0. The highest BCUT2D eigenvalue weighted by molar-refractivity contribution is 7.99. The molecule has 2 aromatic carbocycles. The van der Waals surface area contributed by atoms with Gasteiger partial charge in [0.05, 0.1) is 10.5 Å². The van der Waals surface area contributed by atoms with Gasteiger partial charge in [-0.05, 0) is 30.3 Å². The van der Waals surface area contributed by atoms with Gasteiger partial charge in [-0.2, -0.15) is 0 Å². The van der Waals surface area contributed by atoms with Gasteiger partial charge in [0.25, 0.3) is 11.6 Å². The van der Waals surface area contributed by atoms with Gasteiger partial charge in [0.1, 0.15) is 0 Å². The van der Waals surface area contributed by atoms with Crippen LogP contribution in [-0.4, -0.2) is 35.7 Å². The minimum atomic E-state index is -0.901. The van der Waals surface area contributed by atoms with Crippen molar-refractivity contribution in [1.82, 2.24) is 5.32 Å². The third-order valence-electron chi connectivity index (χ3n) is 3.31. The van der Waals surface area contributed by atoms with E-state index in [1.54, 1.807) is 12.1 Å². The monoisotopic (exact) mass is 409 g/mol. The number of nitrogen functional groups attached to an aromatic ring is 1. The molecule has 27 heavy (non-hydrogen) atoms. The van der Waals surface area contributed by atoms with Crippen molar-refractivity contribution in [3.63, 3.8) is 0 Å². The molecular weight excluding hydrogens is 394 g/mol. The number of nitrogens with one attached hydrogen (secondary N) is 1. The van der Waals surface area contributed by atoms with E-state index in [4.69, 9.17) is 22.1 Å². The van der Waals surface area contributed by atoms with E-state index >= 15 is 0 Å². The Hall–Kier alpha value is -2.78. The van der Waals surface area contributed by atoms with Crippen molar-refractivity contribution >= 4 is 46.6 Å². The van der Waals surface area contributed by atoms with Crippen molar-refractivity contribution in [3.05, 3.63) is 63.2 Å². The molecule has 0 heterocycles. The molecule has 0 aromatic heterocycles. The molecule has 0 aliphatic carbocycles. The van der Waals surface area contributed by atoms with Crippen molar-refractivity contribution in [2.24, 2.45) is 0 Å². The number of esters is 1. The fraction of sp³-hybridized carbons (Fsp3) is 0.176. The molecule has 0 aliphatic rings. The Bertz CT molecular complexity index is 845. The maximum atomic E-state index is 12.0. The maximum Gasteiger partial charge on any atom is 0.341 e. The standard InChI is InChI=1S/C17H16ClN3O5S/c18-11-1-4-13(5-2-11)27-8-7-20-16(22)10-26-17(23)14-9-12(21(24)25)3-6-15(14)19/h1-6,9H,7-8,10,19H2,(H,20,22). The number of ether oxygens (including phenoxy) is 1. The number of halogens is 1. The molecule has 2 aromatic rings. The average molecular weight is 410 g/mol. The summed E-state index contributed by atoms with van der Waals surface area (Å²) in [6.45, 7) is -0.130. The number of nitrogens with zero attached hydrogens (tertiary/aromatic N) is 1. The minimum absolute atomic E-state index is 0.0328. The predicted molar refractivity (Wildman–Crippen MR) is 103 cm³/mol. The van der Waals surface area contributed by atoms with Crippen molar-refractivity contribution in [1.29, 1.82) is 0 Å². The largest absolute Gasteiger partial charge is 0.452 e. The molecule has 0 aliphatic heterocycles. The Balaban J connectivity index is 1.75. The Morgan fingerprint density at radius 1 is 1.22 bits per heavy atom. The van der Waals surface area contributed by atoms with Crippen molar-refractivity contribution in [2.75, 3.05) is 24.6 Å². The lowest BCUT2D eigenvalue weighted by molar-refractivity contribution is -0.384. The molecule has 0 saturated heterocycles. The first-order valence-electron chi connectivity index (χ1n) is 7.73. The van der Waals surface area contributed by atoms with Crippen molar-refractivity contribution in [3.8, 4) is 0 Å². The zero-order valence-electron chi connectivity index (χ0n) is 14.0. The third-order valence-corrected chi connectivity index (χ3v) is 4.57. The lowest BCUT2D eigenvalue weighted by Crippen LogP contribution is -2.30. The van der Waals surface area contributed by atoms with Crippen molar-refractivity contribution < 1.29 is 19.2 Å². The van der Waals surface area contributed by atoms with Crippen LogP contribution in [0, 0.1) is 10.1 Å². The number of nitrogens with two attached hydrogens (primary N) is 1. The molecule has 142 valence electrons. The number of hydrogen-bond donors (Lipinski definition) is 2. The summed E-state index contributed by atoms with van der Waals surface area (Å²) < 4.78 is 4.86. The van der Waals surface area contributed by atoms with Crippen LogP contribution in [0.1, 0.15) is 10.4 Å². The topological polar surface area (TPSA) is 125 Å². The number of hydrogen-bond acceptors (Lipinski definition) is 7. The first-order chi connectivity index (χ1) is 12.9. The van der Waals surface area contributed by atoms with Gasteiger partial charge in [0, 0.05) is 40.0 Å². The van der Waals surface area contributed by atoms with Crippen LogP contribution in [0.25, 0.3) is 0 Å². The van der Waals surface area contributed by atoms with Crippen LogP contribution < -0.4 is 11.1 Å². The number of nitro benzene ring substituents is 1. The van der Waals surface area contributed by atoms with E-state index in [9.17, 15) is 19.7 Å². The second kappa shape index (κ2) is 9.79. The van der Waals surface area contributed by atoms with E-state index < -0.39 is 23.4 Å². The smallest absolute Gasteiger partial charge is 0.341 e. The van der Waals surface area contributed by atoms with Crippen LogP contribution in [-0.2, 0) is 9.53 Å². The molecule has 8 nitrogen and oxygen atoms in total. The second-order valence-electron chi connectivity index (χ2n) is 5.26. The van der Waals surface area contributed by atoms with Gasteiger partial charge in [-0.15, -0.1) is 11.8 Å². The molecule has 0 saturated carbocycles. The highest BCUT2D eigenvalue weighted by Gasteiger charge is 2.17. The molecule has 10 heteroatoms. The van der Waals surface area contributed by atoms with Crippen LogP contribution in [0.5, 0.6) is 0 Å². The van der Waals surface area contributed by atoms with Gasteiger partial charge in [-0.1, -0.05) is 11.6 Å². The number of nitro groups is 1. The molecular formula is C17H16ClN3O5S. The van der Waals surface area contributed by atoms with Gasteiger partial charge in [0.2, 0.25) is 0 Å². The van der Waals surface area contributed by atoms with E-state index in [1.165, 1.54) is 23.9 Å². The number of thioether (sulfide) groups is 1. The summed E-state index contributed by atoms with van der Waals surface area (Å²) in [5.41, 5.74) is 5.21. The highest BCUT2D eigenvalue weighted by Crippen LogP contribution is 2.21. The van der Waals surface area contributed by atoms with E-state index in [2.05, 4.69) is 5.32 Å². The molecule has 0 unspecified atom stereocenters. The molecule has 0 bridgehead atoms. The summed E-state index contributed by atoms with van der Waals surface area (Å²) in [6.07, 6.45) is 0. The summed E-state index contributed by atoms with van der Waals surface area (Å²) in [7, 11) is 0. The quantitative estimate of drug-likeness (QED) is 0.171. The first kappa shape index (κ1) is 20.5. The number of anilines is 1. The fourth-order valence-corrected chi connectivity index (χ4v) is 2.88. The van der Waals surface area contributed by atoms with Gasteiger partial charge < -0.3 is 15.8 Å².